The first-order valence-electron chi connectivity index (χ1n) is 6.13. The summed E-state index contributed by atoms with van der Waals surface area (Å²) in [4.78, 5) is 17.5. The van der Waals surface area contributed by atoms with Gasteiger partial charge in [0.15, 0.2) is 0 Å². The average Bonchev–Trinajstić information content (AvgIpc) is 2.39. The number of nitriles is 1. The second-order valence-electron chi connectivity index (χ2n) is 4.51. The van der Waals surface area contributed by atoms with Crippen LogP contribution in [0.5, 0.6) is 0 Å². The Morgan fingerprint density at radius 2 is 2.39 bits per heavy atom. The van der Waals surface area contributed by atoms with E-state index in [4.69, 9.17) is 11.0 Å². The van der Waals surface area contributed by atoms with Gasteiger partial charge in [-0.2, -0.15) is 5.26 Å². The third-order valence-corrected chi connectivity index (χ3v) is 3.21. The van der Waals surface area contributed by atoms with Crippen molar-refractivity contribution in [1.29, 1.82) is 5.26 Å². The highest BCUT2D eigenvalue weighted by atomic mass is 16.1. The maximum atomic E-state index is 11.1. The number of nitrogens with zero attached hydrogens (tertiary/aromatic N) is 3. The molecule has 0 spiro atoms. The van der Waals surface area contributed by atoms with Crippen molar-refractivity contribution in [3.8, 4) is 6.07 Å². The number of carbonyl (C=O) groups excluding carboxylic acids is 1. The van der Waals surface area contributed by atoms with Gasteiger partial charge in [-0.3, -0.25) is 4.79 Å². The molecule has 1 aromatic heterocycles. The molecule has 0 bridgehead atoms. The summed E-state index contributed by atoms with van der Waals surface area (Å²) >= 11 is 0. The molecule has 0 aliphatic carbocycles. The second kappa shape index (κ2) is 5.50. The minimum absolute atomic E-state index is 0.109. The molecule has 94 valence electrons. The quantitative estimate of drug-likeness (QED) is 0.865. The summed E-state index contributed by atoms with van der Waals surface area (Å²) in [5.74, 6) is 0.475. The molecule has 1 aliphatic rings. The van der Waals surface area contributed by atoms with Gasteiger partial charge >= 0.3 is 0 Å². The van der Waals surface area contributed by atoms with E-state index in [0.29, 0.717) is 12.1 Å². The lowest BCUT2D eigenvalue weighted by Gasteiger charge is -2.36. The van der Waals surface area contributed by atoms with Crippen molar-refractivity contribution >= 4 is 11.7 Å². The number of nitrogens with two attached hydrogens (primary N) is 1. The van der Waals surface area contributed by atoms with E-state index < -0.39 is 0 Å². The Labute approximate surface area is 106 Å². The van der Waals surface area contributed by atoms with Crippen molar-refractivity contribution in [2.45, 2.75) is 31.7 Å². The molecule has 5 heteroatoms. The highest BCUT2D eigenvalue weighted by molar-refractivity contribution is 5.75. The molecule has 0 aromatic carbocycles. The first kappa shape index (κ1) is 12.4. The van der Waals surface area contributed by atoms with Crippen LogP contribution in [0.4, 0.5) is 5.82 Å². The van der Waals surface area contributed by atoms with Gasteiger partial charge in [0.2, 0.25) is 5.91 Å². The van der Waals surface area contributed by atoms with E-state index in [1.807, 2.05) is 18.2 Å². The lowest BCUT2D eigenvalue weighted by molar-refractivity contribution is -0.118. The Bertz CT molecular complexity index is 480. The summed E-state index contributed by atoms with van der Waals surface area (Å²) in [6.45, 7) is 0.861. The van der Waals surface area contributed by atoms with Gasteiger partial charge in [0.25, 0.3) is 0 Å². The first-order valence-corrected chi connectivity index (χ1v) is 6.13. The van der Waals surface area contributed by atoms with Gasteiger partial charge in [0.05, 0.1) is 0 Å². The van der Waals surface area contributed by atoms with E-state index in [1.54, 1.807) is 6.07 Å². The third-order valence-electron chi connectivity index (χ3n) is 3.21. The summed E-state index contributed by atoms with van der Waals surface area (Å²) in [7, 11) is 0. The van der Waals surface area contributed by atoms with Crippen LogP contribution < -0.4 is 10.6 Å². The number of carbonyl (C=O) groups is 1. The normalized spacial score (nSPS) is 19.3. The molecule has 1 aliphatic heterocycles. The predicted octanol–water partition coefficient (Wildman–Crippen LogP) is 1.19. The molecule has 0 unspecified atom stereocenters. The zero-order chi connectivity index (χ0) is 13.0. The molecule has 0 radical (unpaired) electrons. The Kier molecular flexibility index (Phi) is 3.78. The van der Waals surface area contributed by atoms with E-state index >= 15 is 0 Å². The number of piperidine rings is 1. The minimum Gasteiger partial charge on any atom is -0.370 e. The van der Waals surface area contributed by atoms with Crippen molar-refractivity contribution in [3.05, 3.63) is 23.9 Å². The van der Waals surface area contributed by atoms with Gasteiger partial charge in [-0.1, -0.05) is 6.07 Å². The lowest BCUT2D eigenvalue weighted by Crippen LogP contribution is -2.42. The van der Waals surface area contributed by atoms with E-state index in [9.17, 15) is 4.79 Å². The average molecular weight is 244 g/mol. The van der Waals surface area contributed by atoms with E-state index in [-0.39, 0.29) is 11.9 Å². The van der Waals surface area contributed by atoms with Gasteiger partial charge < -0.3 is 10.6 Å². The standard InChI is InChI=1S/C13H16N4O/c14-9-10-4-3-6-13(16-10)17-7-2-1-5-11(17)8-12(15)18/h3-4,6,11H,1-2,5,7-8H2,(H2,15,18)/t11-/m0/s1. The topological polar surface area (TPSA) is 83.0 Å². The molecule has 2 rings (SSSR count). The molecular formula is C13H16N4O. The van der Waals surface area contributed by atoms with Crippen LogP contribution in [0.25, 0.3) is 0 Å². The molecule has 1 aromatic rings. The number of hydrogen-bond acceptors (Lipinski definition) is 4. The molecule has 1 saturated heterocycles. The van der Waals surface area contributed by atoms with Crippen LogP contribution in [0.15, 0.2) is 18.2 Å². The van der Waals surface area contributed by atoms with Crippen LogP contribution in [0.2, 0.25) is 0 Å². The largest absolute Gasteiger partial charge is 0.370 e. The van der Waals surface area contributed by atoms with Crippen LogP contribution in [-0.4, -0.2) is 23.5 Å². The van der Waals surface area contributed by atoms with Gasteiger partial charge in [-0.25, -0.2) is 4.98 Å². The maximum Gasteiger partial charge on any atom is 0.219 e. The number of aromatic nitrogens is 1. The summed E-state index contributed by atoms with van der Waals surface area (Å²) in [6, 6.07) is 7.51. The first-order chi connectivity index (χ1) is 8.70. The SMILES string of the molecule is N#Cc1cccc(N2CCCC[C@H]2CC(N)=O)n1. The number of primary amides is 1. The van der Waals surface area contributed by atoms with Crippen LogP contribution in [0.3, 0.4) is 0 Å². The summed E-state index contributed by atoms with van der Waals surface area (Å²) in [5.41, 5.74) is 5.68. The molecule has 1 atom stereocenters. The molecule has 1 fully saturated rings. The monoisotopic (exact) mass is 244 g/mol. The summed E-state index contributed by atoms with van der Waals surface area (Å²) < 4.78 is 0. The van der Waals surface area contributed by atoms with Gasteiger partial charge in [0.1, 0.15) is 17.6 Å². The van der Waals surface area contributed by atoms with Crippen LogP contribution in [-0.2, 0) is 4.79 Å². The highest BCUT2D eigenvalue weighted by Gasteiger charge is 2.25. The summed E-state index contributed by atoms with van der Waals surface area (Å²) in [5, 5.41) is 8.87. The number of amides is 1. The lowest BCUT2D eigenvalue weighted by atomic mass is 9.99. The number of anilines is 1. The maximum absolute atomic E-state index is 11.1. The molecule has 1 amide bonds. The summed E-state index contributed by atoms with van der Waals surface area (Å²) in [6.07, 6.45) is 3.47. The van der Waals surface area contributed by atoms with Gasteiger partial charge in [0, 0.05) is 19.0 Å². The van der Waals surface area contributed by atoms with Crippen molar-refractivity contribution in [2.24, 2.45) is 5.73 Å². The Morgan fingerprint density at radius 3 is 3.11 bits per heavy atom. The van der Waals surface area contributed by atoms with Crippen molar-refractivity contribution in [1.82, 2.24) is 4.98 Å². The fraction of sp³-hybridized carbons (Fsp3) is 0.462. The fourth-order valence-electron chi connectivity index (χ4n) is 2.39. The molecule has 2 heterocycles. The zero-order valence-corrected chi connectivity index (χ0v) is 10.2. The van der Waals surface area contributed by atoms with E-state index in [2.05, 4.69) is 9.88 Å². The third kappa shape index (κ3) is 2.77. The van der Waals surface area contributed by atoms with Gasteiger partial charge in [-0.05, 0) is 31.4 Å². The Morgan fingerprint density at radius 1 is 1.56 bits per heavy atom. The fourth-order valence-corrected chi connectivity index (χ4v) is 2.39. The highest BCUT2D eigenvalue weighted by Crippen LogP contribution is 2.25. The number of rotatable bonds is 3. The molecule has 0 saturated carbocycles. The molecule has 2 N–H and O–H groups in total. The molecule has 18 heavy (non-hydrogen) atoms. The van der Waals surface area contributed by atoms with Crippen LogP contribution in [0, 0.1) is 11.3 Å². The minimum atomic E-state index is -0.289. The van der Waals surface area contributed by atoms with Crippen molar-refractivity contribution in [2.75, 3.05) is 11.4 Å². The number of hydrogen-bond donors (Lipinski definition) is 1. The van der Waals surface area contributed by atoms with Crippen molar-refractivity contribution in [3.63, 3.8) is 0 Å². The van der Waals surface area contributed by atoms with E-state index in [0.717, 1.165) is 31.6 Å². The molecule has 5 nitrogen and oxygen atoms in total. The van der Waals surface area contributed by atoms with Crippen LogP contribution >= 0.6 is 0 Å². The molecular weight excluding hydrogens is 228 g/mol. The Hall–Kier alpha value is -2.09. The Balaban J connectivity index is 2.22. The second-order valence-corrected chi connectivity index (χ2v) is 4.51. The smallest absolute Gasteiger partial charge is 0.219 e. The van der Waals surface area contributed by atoms with Gasteiger partial charge in [-0.15, -0.1) is 0 Å². The zero-order valence-electron chi connectivity index (χ0n) is 10.2. The number of pyridine rings is 1. The van der Waals surface area contributed by atoms with E-state index in [1.165, 1.54) is 0 Å². The van der Waals surface area contributed by atoms with Crippen LogP contribution in [0.1, 0.15) is 31.4 Å². The predicted molar refractivity (Wildman–Crippen MR) is 67.7 cm³/mol. The van der Waals surface area contributed by atoms with Crippen molar-refractivity contribution < 1.29 is 4.79 Å².